The topological polar surface area (TPSA) is 338 Å². The van der Waals surface area contributed by atoms with Crippen LogP contribution in [0.15, 0.2) is 152 Å². The van der Waals surface area contributed by atoms with Crippen molar-refractivity contribution in [3.8, 4) is 0 Å². The zero-order valence-electron chi connectivity index (χ0n) is 59.5. The Morgan fingerprint density at radius 2 is 0.619 bits per heavy atom. The molecule has 4 aliphatic heterocycles. The normalized spacial score (nSPS) is 28.6. The quantitative estimate of drug-likeness (QED) is 0.0313. The summed E-state index contributed by atoms with van der Waals surface area (Å²) in [6, 6.07) is 44.5. The number of rotatable bonds is 32. The van der Waals surface area contributed by atoms with Crippen molar-refractivity contribution in [2.24, 2.45) is 5.92 Å². The van der Waals surface area contributed by atoms with Crippen molar-refractivity contribution in [2.45, 2.75) is 205 Å². The van der Waals surface area contributed by atoms with E-state index in [-0.39, 0.29) is 38.6 Å². The van der Waals surface area contributed by atoms with Crippen molar-refractivity contribution in [3.05, 3.63) is 179 Å². The SMILES string of the molecule is CC(=O)OCC1O[C@@H](OCC2O[C@@H](O[C@H]3C(COCc4ccccc4)O[C@@H](OCc4ccccc4)C(C)[C@@H]3OCc3ccccc3)C(OC(=O)c3ccccc3)[C@@H](O[C@H]3O[C@H](COC(C)=O)[C@@H](OC(C)=O)C(OC(C)=O)C3OC(C)=O)[C@H]2OCc2ccccc2)C(OC(C)=O)[C@@H](OC(C)=O)[C@H]1OC(C)=O. The average Bonchev–Trinajstić information content (AvgIpc) is 0.766. The van der Waals surface area contributed by atoms with E-state index in [0.717, 1.165) is 72.1 Å². The lowest BCUT2D eigenvalue weighted by Crippen LogP contribution is -2.68. The molecule has 0 spiro atoms. The van der Waals surface area contributed by atoms with Crippen molar-refractivity contribution in [3.63, 3.8) is 0 Å². The van der Waals surface area contributed by atoms with Crippen LogP contribution < -0.4 is 0 Å². The highest BCUT2D eigenvalue weighted by molar-refractivity contribution is 5.89. The maximum atomic E-state index is 15.3. The van der Waals surface area contributed by atoms with Gasteiger partial charge in [0.25, 0.3) is 0 Å². The van der Waals surface area contributed by atoms with E-state index in [0.29, 0.717) is 5.56 Å². The first-order chi connectivity index (χ1) is 50.5. The fourth-order valence-electron chi connectivity index (χ4n) is 12.4. The van der Waals surface area contributed by atoms with Crippen LogP contribution in [-0.4, -0.2) is 197 Å². The summed E-state index contributed by atoms with van der Waals surface area (Å²) in [7, 11) is 0. The number of benzene rings is 5. The standard InChI is InChI=1S/C76H88O29/c1-43-61(89-36-53-27-17-11-18-28-53)63(57(39-86-35-52-25-15-10-16-26-52)99-73(43)91-38-55-31-21-13-22-32-55)104-76-71(103-72(85)56-33-23-14-24-34-56)66(105-75-70(98-51(9)84)68(96-49(7)82)65(94-47(5)80)60(102-75)41-88-45(3)78)62(90-37-54-29-19-12-20-30-54)58(101-76)42-92-74-69(97-50(8)83)67(95-48(6)81)64(93-46(4)79)59(100-74)40-87-44(2)77/h10-34,43,57-71,73-76H,35-42H2,1-9H3/t43?,57?,58?,59?,60-,61+,62+,63+,64+,65-,66+,67+,68?,69?,70?,71?,73-,74-,75-,76+/m1/s1. The lowest BCUT2D eigenvalue weighted by atomic mass is 9.91. The van der Waals surface area contributed by atoms with E-state index in [1.807, 2.05) is 97.9 Å². The van der Waals surface area contributed by atoms with Gasteiger partial charge in [-0.3, -0.25) is 38.4 Å². The summed E-state index contributed by atoms with van der Waals surface area (Å²) in [6.07, 6.45) is -31.3. The molecule has 0 amide bonds. The third kappa shape index (κ3) is 23.4. The number of ether oxygens (including phenoxy) is 20. The second-order valence-corrected chi connectivity index (χ2v) is 25.2. The van der Waals surface area contributed by atoms with Gasteiger partial charge in [-0.1, -0.05) is 146 Å². The van der Waals surface area contributed by atoms with E-state index in [2.05, 4.69) is 0 Å². The summed E-state index contributed by atoms with van der Waals surface area (Å²) in [5.41, 5.74) is 2.94. The second kappa shape index (κ2) is 39.3. The van der Waals surface area contributed by atoms with Gasteiger partial charge in [0.1, 0.15) is 55.9 Å². The smallest absolute Gasteiger partial charge is 0.338 e. The molecule has 8 unspecified atom stereocenters. The summed E-state index contributed by atoms with van der Waals surface area (Å²) in [6.45, 7) is 7.86. The summed E-state index contributed by atoms with van der Waals surface area (Å²) in [4.78, 5) is 120. The Morgan fingerprint density at radius 1 is 0.286 bits per heavy atom. The van der Waals surface area contributed by atoms with Crippen molar-refractivity contribution in [2.75, 3.05) is 26.4 Å². The molecule has 4 saturated heterocycles. The van der Waals surface area contributed by atoms with E-state index in [9.17, 15) is 38.4 Å². The highest BCUT2D eigenvalue weighted by Crippen LogP contribution is 2.41. The van der Waals surface area contributed by atoms with Crippen LogP contribution in [0, 0.1) is 5.92 Å². The summed E-state index contributed by atoms with van der Waals surface area (Å²) in [5.74, 6) is -9.02. The van der Waals surface area contributed by atoms with Crippen LogP contribution in [0.1, 0.15) is 94.9 Å². The summed E-state index contributed by atoms with van der Waals surface area (Å²) in [5, 5.41) is 0. The van der Waals surface area contributed by atoms with Crippen LogP contribution in [0.2, 0.25) is 0 Å². The van der Waals surface area contributed by atoms with Gasteiger partial charge in [-0.05, 0) is 34.4 Å². The van der Waals surface area contributed by atoms with Gasteiger partial charge in [-0.25, -0.2) is 4.79 Å². The van der Waals surface area contributed by atoms with E-state index in [4.69, 9.17) is 94.7 Å². The first-order valence-corrected chi connectivity index (χ1v) is 34.2. The molecule has 0 bridgehead atoms. The van der Waals surface area contributed by atoms with Gasteiger partial charge in [0.05, 0.1) is 51.3 Å². The maximum absolute atomic E-state index is 15.3. The van der Waals surface area contributed by atoms with Crippen molar-refractivity contribution in [1.29, 1.82) is 0 Å². The van der Waals surface area contributed by atoms with Crippen molar-refractivity contribution < 1.29 is 138 Å². The Bertz CT molecular complexity index is 3630. The number of carbonyl (C=O) groups is 9. The third-order valence-corrected chi connectivity index (χ3v) is 16.9. The van der Waals surface area contributed by atoms with Gasteiger partial charge in [-0.2, -0.15) is 0 Å². The molecule has 29 heteroatoms. The summed E-state index contributed by atoms with van der Waals surface area (Å²) >= 11 is 0. The second-order valence-electron chi connectivity index (χ2n) is 25.2. The van der Waals surface area contributed by atoms with Crippen molar-refractivity contribution >= 4 is 53.7 Å². The van der Waals surface area contributed by atoms with Gasteiger partial charge >= 0.3 is 53.7 Å². The molecule has 4 heterocycles. The molecule has 0 N–H and O–H groups in total. The molecule has 4 fully saturated rings. The van der Waals surface area contributed by atoms with Crippen LogP contribution in [0.25, 0.3) is 0 Å². The Morgan fingerprint density at radius 3 is 1.06 bits per heavy atom. The zero-order valence-corrected chi connectivity index (χ0v) is 59.5. The van der Waals surface area contributed by atoms with Crippen LogP contribution in [0.3, 0.4) is 0 Å². The fourth-order valence-corrected chi connectivity index (χ4v) is 12.4. The predicted molar refractivity (Wildman–Crippen MR) is 359 cm³/mol. The van der Waals surface area contributed by atoms with Crippen LogP contribution >= 0.6 is 0 Å². The molecule has 0 radical (unpaired) electrons. The molecule has 5 aromatic carbocycles. The molecule has 29 nitrogen and oxygen atoms in total. The Hall–Kier alpha value is -9.11. The lowest BCUT2D eigenvalue weighted by Gasteiger charge is -2.51. The third-order valence-electron chi connectivity index (χ3n) is 16.9. The predicted octanol–water partition coefficient (Wildman–Crippen LogP) is 6.86. The molecule has 0 aliphatic carbocycles. The Kier molecular flexibility index (Phi) is 29.9. The van der Waals surface area contributed by atoms with E-state index in [1.165, 1.54) is 12.1 Å². The number of hydrogen-bond donors (Lipinski definition) is 0. The Balaban J connectivity index is 1.25. The molecule has 20 atom stereocenters. The van der Waals surface area contributed by atoms with Crippen LogP contribution in [0.4, 0.5) is 0 Å². The van der Waals surface area contributed by atoms with Crippen molar-refractivity contribution in [1.82, 2.24) is 0 Å². The molecule has 566 valence electrons. The Labute approximate surface area is 606 Å². The summed E-state index contributed by atoms with van der Waals surface area (Å²) < 4.78 is 128. The number of esters is 9. The van der Waals surface area contributed by atoms with Crippen LogP contribution in [0.5, 0.6) is 0 Å². The largest absolute Gasteiger partial charge is 0.463 e. The minimum atomic E-state index is -2.04. The van der Waals surface area contributed by atoms with Gasteiger partial charge in [0, 0.05) is 61.3 Å². The van der Waals surface area contributed by atoms with Gasteiger partial charge in [0.2, 0.25) is 0 Å². The average molecular weight is 1470 g/mol. The molecule has 105 heavy (non-hydrogen) atoms. The molecule has 4 aliphatic rings. The molecular formula is C76H88O29. The molecule has 5 aromatic rings. The van der Waals surface area contributed by atoms with Crippen LogP contribution in [-0.2, 0) is 160 Å². The van der Waals surface area contributed by atoms with E-state index >= 15 is 4.79 Å². The van der Waals surface area contributed by atoms with E-state index < -0.39 is 196 Å². The van der Waals surface area contributed by atoms with Gasteiger partial charge in [-0.15, -0.1) is 0 Å². The number of carbonyl (C=O) groups excluding carboxylic acids is 9. The first kappa shape index (κ1) is 80.0. The first-order valence-electron chi connectivity index (χ1n) is 34.2. The molecule has 0 saturated carbocycles. The monoisotopic (exact) mass is 1460 g/mol. The molecule has 9 rings (SSSR count). The molecular weight excluding hydrogens is 1380 g/mol. The van der Waals surface area contributed by atoms with Gasteiger partial charge in [0.15, 0.2) is 67.9 Å². The highest BCUT2D eigenvalue weighted by Gasteiger charge is 2.60. The lowest BCUT2D eigenvalue weighted by molar-refractivity contribution is -0.387. The highest BCUT2D eigenvalue weighted by atomic mass is 16.8. The maximum Gasteiger partial charge on any atom is 0.338 e. The zero-order chi connectivity index (χ0) is 75.1. The molecule has 0 aromatic heterocycles. The van der Waals surface area contributed by atoms with E-state index in [1.54, 1.807) is 48.5 Å². The minimum Gasteiger partial charge on any atom is -0.463 e. The number of hydrogen-bond acceptors (Lipinski definition) is 29. The fraction of sp³-hybridized carbons (Fsp3) is 0.487. The van der Waals surface area contributed by atoms with Gasteiger partial charge < -0.3 is 94.7 Å². The minimum absolute atomic E-state index is 0.00227.